The summed E-state index contributed by atoms with van der Waals surface area (Å²) in [6.07, 6.45) is 1.39. The first kappa shape index (κ1) is 13.3. The first-order chi connectivity index (χ1) is 8.00. The fourth-order valence-corrected chi connectivity index (χ4v) is 2.76. The van der Waals surface area contributed by atoms with Crippen LogP contribution in [0.3, 0.4) is 0 Å². The molecule has 1 aromatic carbocycles. The van der Waals surface area contributed by atoms with Crippen LogP contribution in [0.1, 0.15) is 0 Å². The molecular weight excluding hydrogens is 398 g/mol. The smallest absolute Gasteiger partial charge is 0.221 e. The quantitative estimate of drug-likeness (QED) is 0.351. The van der Waals surface area contributed by atoms with Crippen molar-refractivity contribution in [2.75, 3.05) is 0 Å². The highest BCUT2D eigenvalue weighted by atomic mass is 127. The molecule has 0 aliphatic heterocycles. The van der Waals surface area contributed by atoms with Crippen molar-refractivity contribution in [1.82, 2.24) is 4.98 Å². The zero-order valence-electron chi connectivity index (χ0n) is 8.15. The average Bonchev–Trinajstić information content (AvgIpc) is 2.24. The summed E-state index contributed by atoms with van der Waals surface area (Å²) in [7, 11) is 0. The van der Waals surface area contributed by atoms with Gasteiger partial charge >= 0.3 is 0 Å². The standard InChI is InChI=1S/C11H4Cl3FIN/c12-5-3-6(10(14)7(13)4-5)9-8(16)1-2-17-11(9)15/h1-4H. The van der Waals surface area contributed by atoms with Crippen molar-refractivity contribution in [3.63, 3.8) is 0 Å². The number of halogens is 5. The zero-order valence-corrected chi connectivity index (χ0v) is 12.6. The van der Waals surface area contributed by atoms with Gasteiger partial charge in [-0.2, -0.15) is 4.39 Å². The Morgan fingerprint density at radius 3 is 2.53 bits per heavy atom. The minimum absolute atomic E-state index is 0.265. The highest BCUT2D eigenvalue weighted by Gasteiger charge is 2.16. The Labute approximate surface area is 126 Å². The van der Waals surface area contributed by atoms with Crippen LogP contribution >= 0.6 is 57.4 Å². The molecular formula is C11H4Cl3FIN. The topological polar surface area (TPSA) is 12.9 Å². The summed E-state index contributed by atoms with van der Waals surface area (Å²) in [5.74, 6) is -0.600. The van der Waals surface area contributed by atoms with Crippen LogP contribution in [0.2, 0.25) is 15.1 Å². The molecule has 2 rings (SSSR count). The first-order valence-corrected chi connectivity index (χ1v) is 6.67. The SMILES string of the molecule is Fc1nccc(I)c1-c1cc(Cl)cc(Cl)c1Cl. The van der Waals surface area contributed by atoms with E-state index in [0.717, 1.165) is 0 Å². The summed E-state index contributed by atoms with van der Waals surface area (Å²) in [6.45, 7) is 0. The van der Waals surface area contributed by atoms with E-state index in [1.54, 1.807) is 12.1 Å². The third-order valence-electron chi connectivity index (χ3n) is 2.12. The van der Waals surface area contributed by atoms with Crippen LogP contribution < -0.4 is 0 Å². The number of rotatable bonds is 1. The number of hydrogen-bond acceptors (Lipinski definition) is 1. The van der Waals surface area contributed by atoms with E-state index in [1.807, 2.05) is 22.6 Å². The molecule has 0 bridgehead atoms. The lowest BCUT2D eigenvalue weighted by Crippen LogP contribution is -1.93. The maximum atomic E-state index is 13.7. The molecule has 6 heteroatoms. The van der Waals surface area contributed by atoms with Crippen molar-refractivity contribution < 1.29 is 4.39 Å². The zero-order chi connectivity index (χ0) is 12.6. The van der Waals surface area contributed by atoms with Gasteiger partial charge in [0.2, 0.25) is 5.95 Å². The summed E-state index contributed by atoms with van der Waals surface area (Å²) in [5.41, 5.74) is 0.752. The molecule has 17 heavy (non-hydrogen) atoms. The van der Waals surface area contributed by atoms with Crippen LogP contribution in [0.25, 0.3) is 11.1 Å². The normalized spacial score (nSPS) is 10.6. The van der Waals surface area contributed by atoms with E-state index in [0.29, 0.717) is 19.7 Å². The van der Waals surface area contributed by atoms with Gasteiger partial charge in [0.1, 0.15) is 0 Å². The minimum atomic E-state index is -0.600. The summed E-state index contributed by atoms with van der Waals surface area (Å²) in [6, 6.07) is 4.76. The maximum Gasteiger partial charge on any atom is 0.221 e. The molecule has 0 saturated carbocycles. The lowest BCUT2D eigenvalue weighted by Gasteiger charge is -2.09. The van der Waals surface area contributed by atoms with Crippen molar-refractivity contribution >= 4 is 57.4 Å². The van der Waals surface area contributed by atoms with Gasteiger partial charge < -0.3 is 0 Å². The molecule has 0 aliphatic carbocycles. The van der Waals surface area contributed by atoms with Gasteiger partial charge in [0, 0.05) is 20.4 Å². The third-order valence-corrected chi connectivity index (χ3v) is 4.04. The van der Waals surface area contributed by atoms with Crippen LogP contribution in [-0.2, 0) is 0 Å². The van der Waals surface area contributed by atoms with Gasteiger partial charge in [-0.15, -0.1) is 0 Å². The molecule has 0 radical (unpaired) electrons. The van der Waals surface area contributed by atoms with Gasteiger partial charge in [0.15, 0.2) is 0 Å². The lowest BCUT2D eigenvalue weighted by molar-refractivity contribution is 0.586. The number of nitrogens with zero attached hydrogens (tertiary/aromatic N) is 1. The Morgan fingerprint density at radius 2 is 1.88 bits per heavy atom. The highest BCUT2D eigenvalue weighted by molar-refractivity contribution is 14.1. The molecule has 0 unspecified atom stereocenters. The van der Waals surface area contributed by atoms with Crippen molar-refractivity contribution in [2.45, 2.75) is 0 Å². The minimum Gasteiger partial charge on any atom is -0.228 e. The predicted octanol–water partition coefficient (Wildman–Crippen LogP) is 5.45. The summed E-state index contributed by atoms with van der Waals surface area (Å²) >= 11 is 19.9. The Hall–Kier alpha value is -0.100. The number of hydrogen-bond donors (Lipinski definition) is 0. The fourth-order valence-electron chi connectivity index (χ4n) is 1.39. The van der Waals surface area contributed by atoms with Crippen LogP contribution in [0.4, 0.5) is 4.39 Å². The Morgan fingerprint density at radius 1 is 1.18 bits per heavy atom. The van der Waals surface area contributed by atoms with Gasteiger partial charge in [-0.3, -0.25) is 0 Å². The molecule has 0 N–H and O–H groups in total. The van der Waals surface area contributed by atoms with Crippen LogP contribution in [0.15, 0.2) is 24.4 Å². The third kappa shape index (κ3) is 2.67. The van der Waals surface area contributed by atoms with Gasteiger partial charge in [-0.05, 0) is 40.8 Å². The second kappa shape index (κ2) is 5.26. The van der Waals surface area contributed by atoms with Gasteiger partial charge in [-0.25, -0.2) is 4.98 Å². The predicted molar refractivity (Wildman–Crippen MR) is 77.4 cm³/mol. The largest absolute Gasteiger partial charge is 0.228 e. The summed E-state index contributed by atoms with van der Waals surface area (Å²) in [4.78, 5) is 3.60. The van der Waals surface area contributed by atoms with Crippen LogP contribution in [-0.4, -0.2) is 4.98 Å². The Balaban J connectivity index is 2.77. The van der Waals surface area contributed by atoms with E-state index < -0.39 is 5.95 Å². The van der Waals surface area contributed by atoms with Crippen LogP contribution in [0.5, 0.6) is 0 Å². The van der Waals surface area contributed by atoms with Crippen molar-refractivity contribution in [1.29, 1.82) is 0 Å². The molecule has 0 fully saturated rings. The molecule has 0 saturated heterocycles. The summed E-state index contributed by atoms with van der Waals surface area (Å²) in [5, 5.41) is 0.947. The molecule has 0 spiro atoms. The number of pyridine rings is 1. The van der Waals surface area contributed by atoms with Gasteiger partial charge in [-0.1, -0.05) is 34.8 Å². The molecule has 1 nitrogen and oxygen atoms in total. The van der Waals surface area contributed by atoms with E-state index >= 15 is 0 Å². The molecule has 1 aromatic heterocycles. The first-order valence-electron chi connectivity index (χ1n) is 4.45. The van der Waals surface area contributed by atoms with Crippen LogP contribution in [0, 0.1) is 9.52 Å². The van der Waals surface area contributed by atoms with Crippen molar-refractivity contribution in [3.8, 4) is 11.1 Å². The average molecular weight is 402 g/mol. The van der Waals surface area contributed by atoms with Crippen molar-refractivity contribution in [3.05, 3.63) is 49.0 Å². The van der Waals surface area contributed by atoms with E-state index in [9.17, 15) is 4.39 Å². The van der Waals surface area contributed by atoms with E-state index in [-0.39, 0.29) is 10.0 Å². The monoisotopic (exact) mass is 401 g/mol. The van der Waals surface area contributed by atoms with Gasteiger partial charge in [0.25, 0.3) is 0 Å². The Kier molecular flexibility index (Phi) is 4.13. The van der Waals surface area contributed by atoms with Gasteiger partial charge in [0.05, 0.1) is 15.6 Å². The fraction of sp³-hybridized carbons (Fsp3) is 0. The lowest BCUT2D eigenvalue weighted by atomic mass is 10.1. The molecule has 88 valence electrons. The number of aromatic nitrogens is 1. The van der Waals surface area contributed by atoms with E-state index in [1.165, 1.54) is 12.3 Å². The molecule has 0 aliphatic rings. The molecule has 2 aromatic rings. The number of benzene rings is 1. The Bertz CT molecular complexity index is 569. The van der Waals surface area contributed by atoms with E-state index in [4.69, 9.17) is 34.8 Å². The molecule has 0 amide bonds. The summed E-state index contributed by atoms with van der Waals surface area (Å²) < 4.78 is 14.4. The second-order valence-electron chi connectivity index (χ2n) is 3.21. The molecule has 0 atom stereocenters. The maximum absolute atomic E-state index is 13.7. The molecule has 1 heterocycles. The highest BCUT2D eigenvalue weighted by Crippen LogP contribution is 2.38. The van der Waals surface area contributed by atoms with Crippen molar-refractivity contribution in [2.24, 2.45) is 0 Å². The van der Waals surface area contributed by atoms with E-state index in [2.05, 4.69) is 4.98 Å². The second-order valence-corrected chi connectivity index (χ2v) is 5.59.